The van der Waals surface area contributed by atoms with Gasteiger partial charge in [0.25, 0.3) is 0 Å². The molecule has 6 heteroatoms. The lowest BCUT2D eigenvalue weighted by Crippen LogP contribution is -2.52. The van der Waals surface area contributed by atoms with Gasteiger partial charge in [-0.15, -0.1) is 0 Å². The van der Waals surface area contributed by atoms with Crippen molar-refractivity contribution in [2.45, 2.75) is 12.8 Å². The molecule has 82 valence electrons. The molecule has 0 saturated carbocycles. The minimum Gasteiger partial charge on any atom is -0.374 e. The summed E-state index contributed by atoms with van der Waals surface area (Å²) in [4.78, 5) is 3.50. The highest BCUT2D eigenvalue weighted by molar-refractivity contribution is 5.75. The molecular weight excluding hydrogens is 192 g/mol. The van der Waals surface area contributed by atoms with E-state index in [0.717, 1.165) is 13.1 Å². The van der Waals surface area contributed by atoms with E-state index < -0.39 is 0 Å². The molecule has 3 heterocycles. The standard InChI is InChI=1S/C7H13N3.C2H2N3/c1-3-8-7-9-4-2-6-10(7)5-1;1-3-2-5-4-1/h1-6H2,(H,8,9);1-2H/q;-1/p+1. The molecule has 0 radical (unpaired) electrons. The molecule has 3 rings (SSSR count). The van der Waals surface area contributed by atoms with Gasteiger partial charge in [0.15, 0.2) is 0 Å². The van der Waals surface area contributed by atoms with Gasteiger partial charge in [-0.2, -0.15) is 0 Å². The highest BCUT2D eigenvalue weighted by Gasteiger charge is 2.19. The molecule has 2 aliphatic heterocycles. The van der Waals surface area contributed by atoms with Crippen molar-refractivity contribution in [3.63, 3.8) is 0 Å². The lowest BCUT2D eigenvalue weighted by atomic mass is 10.3. The minimum atomic E-state index is 1.14. The van der Waals surface area contributed by atoms with Crippen molar-refractivity contribution in [1.29, 1.82) is 0 Å². The van der Waals surface area contributed by atoms with E-state index in [2.05, 4.69) is 30.4 Å². The maximum absolute atomic E-state index is 3.50. The minimum absolute atomic E-state index is 1.14. The van der Waals surface area contributed by atoms with Crippen molar-refractivity contribution < 1.29 is 4.58 Å². The molecule has 1 aromatic rings. The summed E-state index contributed by atoms with van der Waals surface area (Å²) >= 11 is 0. The lowest BCUT2D eigenvalue weighted by molar-refractivity contribution is -0.539. The molecule has 2 N–H and O–H groups in total. The molecular formula is C9H16N6. The number of hydrogen-bond acceptors (Lipinski definition) is 4. The predicted molar refractivity (Wildman–Crippen MR) is 55.6 cm³/mol. The highest BCUT2D eigenvalue weighted by Crippen LogP contribution is 1.95. The molecule has 2 aliphatic rings. The first-order valence-electron chi connectivity index (χ1n) is 5.30. The Morgan fingerprint density at radius 1 is 1.07 bits per heavy atom. The zero-order chi connectivity index (χ0) is 10.3. The summed E-state index contributed by atoms with van der Waals surface area (Å²) in [6.45, 7) is 4.74. The number of aromatic nitrogens is 3. The van der Waals surface area contributed by atoms with Crippen LogP contribution in [0.25, 0.3) is 0 Å². The van der Waals surface area contributed by atoms with Gasteiger partial charge in [0.2, 0.25) is 0 Å². The zero-order valence-electron chi connectivity index (χ0n) is 8.69. The van der Waals surface area contributed by atoms with Crippen LogP contribution >= 0.6 is 0 Å². The Morgan fingerprint density at radius 3 is 2.07 bits per heavy atom. The number of hydrogen-bond donors (Lipinski definition) is 2. The second-order valence-electron chi connectivity index (χ2n) is 3.51. The van der Waals surface area contributed by atoms with Crippen LogP contribution in [0.4, 0.5) is 0 Å². The lowest BCUT2D eigenvalue weighted by Gasteiger charge is -2.22. The van der Waals surface area contributed by atoms with Gasteiger partial charge < -0.3 is 15.2 Å². The van der Waals surface area contributed by atoms with Crippen LogP contribution < -0.4 is 15.6 Å². The van der Waals surface area contributed by atoms with Gasteiger partial charge in [0.05, 0.1) is 26.2 Å². The van der Waals surface area contributed by atoms with Gasteiger partial charge in [-0.1, -0.05) is 0 Å². The Morgan fingerprint density at radius 2 is 1.67 bits per heavy atom. The second-order valence-corrected chi connectivity index (χ2v) is 3.51. The zero-order valence-corrected chi connectivity index (χ0v) is 8.69. The molecule has 15 heavy (non-hydrogen) atoms. The van der Waals surface area contributed by atoms with Crippen molar-refractivity contribution in [2.75, 3.05) is 26.2 Å². The van der Waals surface area contributed by atoms with Crippen LogP contribution in [0.3, 0.4) is 0 Å². The van der Waals surface area contributed by atoms with E-state index in [1.165, 1.54) is 44.5 Å². The smallest absolute Gasteiger partial charge is 0.345 e. The van der Waals surface area contributed by atoms with Crippen LogP contribution in [-0.2, 0) is 0 Å². The summed E-state index contributed by atoms with van der Waals surface area (Å²) in [5.41, 5.74) is 0. The van der Waals surface area contributed by atoms with Crippen LogP contribution in [0.2, 0.25) is 0 Å². The number of nitrogens with zero attached hydrogens (tertiary/aromatic N) is 4. The summed E-state index contributed by atoms with van der Waals surface area (Å²) in [5.74, 6) is 1.26. The average Bonchev–Trinajstić information content (AvgIpc) is 2.88. The van der Waals surface area contributed by atoms with Gasteiger partial charge in [0, 0.05) is 12.8 Å². The average molecular weight is 208 g/mol. The third kappa shape index (κ3) is 2.93. The monoisotopic (exact) mass is 208 g/mol. The number of guanidine groups is 1. The maximum atomic E-state index is 3.50. The summed E-state index contributed by atoms with van der Waals surface area (Å²) in [6.07, 6.45) is 5.34. The quantitative estimate of drug-likeness (QED) is 0.523. The Kier molecular flexibility index (Phi) is 3.53. The van der Waals surface area contributed by atoms with Crippen LogP contribution in [0.1, 0.15) is 12.8 Å². The van der Waals surface area contributed by atoms with Crippen LogP contribution in [0, 0.1) is 0 Å². The fraction of sp³-hybridized carbons (Fsp3) is 0.667. The van der Waals surface area contributed by atoms with Gasteiger partial charge in [0.1, 0.15) is 0 Å². The molecule has 0 aliphatic carbocycles. The van der Waals surface area contributed by atoms with Crippen molar-refractivity contribution in [2.24, 2.45) is 0 Å². The van der Waals surface area contributed by atoms with Crippen molar-refractivity contribution in [1.82, 2.24) is 25.8 Å². The Labute approximate surface area is 88.8 Å². The summed E-state index contributed by atoms with van der Waals surface area (Å²) < 4.78 is 2.40. The fourth-order valence-electron chi connectivity index (χ4n) is 1.72. The van der Waals surface area contributed by atoms with Crippen molar-refractivity contribution in [3.8, 4) is 0 Å². The maximum Gasteiger partial charge on any atom is 0.345 e. The van der Waals surface area contributed by atoms with E-state index in [0.29, 0.717) is 0 Å². The number of nitrogens with one attached hydrogen (secondary N) is 2. The summed E-state index contributed by atoms with van der Waals surface area (Å²) in [6, 6.07) is 0. The van der Waals surface area contributed by atoms with Crippen LogP contribution in [0.15, 0.2) is 12.7 Å². The topological polar surface area (TPSA) is 67.0 Å². The molecule has 0 aromatic carbocycles. The second kappa shape index (κ2) is 5.33. The van der Waals surface area contributed by atoms with E-state index in [1.807, 2.05) is 0 Å². The molecule has 0 spiro atoms. The van der Waals surface area contributed by atoms with Gasteiger partial charge in [-0.05, 0) is 12.7 Å². The molecule has 0 atom stereocenters. The molecule has 0 unspecified atom stereocenters. The highest BCUT2D eigenvalue weighted by atomic mass is 15.3. The first-order chi connectivity index (χ1) is 7.47. The van der Waals surface area contributed by atoms with Crippen molar-refractivity contribution >= 4 is 5.96 Å². The third-order valence-electron chi connectivity index (χ3n) is 2.41. The molecule has 0 bridgehead atoms. The molecule has 0 amide bonds. The Bertz CT molecular complexity index is 253. The van der Waals surface area contributed by atoms with E-state index in [4.69, 9.17) is 0 Å². The molecule has 6 nitrogen and oxygen atoms in total. The largest absolute Gasteiger partial charge is 0.374 e. The van der Waals surface area contributed by atoms with Gasteiger partial charge in [-0.3, -0.25) is 15.2 Å². The molecule has 0 fully saturated rings. The summed E-state index contributed by atoms with van der Waals surface area (Å²) in [7, 11) is 0. The van der Waals surface area contributed by atoms with Crippen LogP contribution in [0.5, 0.6) is 0 Å². The summed E-state index contributed by atoms with van der Waals surface area (Å²) in [5, 5.41) is 13.4. The van der Waals surface area contributed by atoms with E-state index >= 15 is 0 Å². The third-order valence-corrected chi connectivity index (χ3v) is 2.41. The normalized spacial score (nSPS) is 19.2. The molecule has 1 aromatic heterocycles. The Hall–Kier alpha value is -1.59. The Balaban J connectivity index is 0.000000144. The SMILES string of the molecule is C1CNC2=[N+](C1)CCCN2.c1nnc[n-]1. The van der Waals surface area contributed by atoms with E-state index in [9.17, 15) is 0 Å². The molecule has 0 saturated heterocycles. The van der Waals surface area contributed by atoms with E-state index in [1.54, 1.807) is 0 Å². The predicted octanol–water partition coefficient (Wildman–Crippen LogP) is -1.22. The number of rotatable bonds is 0. The first kappa shape index (κ1) is 9.95. The van der Waals surface area contributed by atoms with Gasteiger partial charge in [-0.25, -0.2) is 0 Å². The van der Waals surface area contributed by atoms with Crippen LogP contribution in [-0.4, -0.2) is 46.9 Å². The van der Waals surface area contributed by atoms with Gasteiger partial charge >= 0.3 is 5.96 Å². The first-order valence-corrected chi connectivity index (χ1v) is 5.30. The fourth-order valence-corrected chi connectivity index (χ4v) is 1.72. The van der Waals surface area contributed by atoms with Crippen molar-refractivity contribution in [3.05, 3.63) is 12.7 Å². The van der Waals surface area contributed by atoms with E-state index in [-0.39, 0.29) is 0 Å².